The predicted molar refractivity (Wildman–Crippen MR) is 350 cm³/mol. The summed E-state index contributed by atoms with van der Waals surface area (Å²) in [5.41, 5.74) is -0.508. The van der Waals surface area contributed by atoms with Crippen LogP contribution in [0.4, 0.5) is 0 Å². The maximum absolute atomic E-state index is 11.8. The Kier molecular flexibility index (Phi) is 27.0. The molecule has 0 aromatic carbocycles. The van der Waals surface area contributed by atoms with Crippen molar-refractivity contribution < 1.29 is 66.7 Å². The maximum atomic E-state index is 11.8. The Morgan fingerprint density at radius 3 is 1.03 bits per heavy atom. The summed E-state index contributed by atoms with van der Waals surface area (Å²) < 4.78 is 37.2. The third kappa shape index (κ3) is 23.6. The second-order valence-electron chi connectivity index (χ2n) is 31.3. The fourth-order valence-corrected chi connectivity index (χ4v) is 15.3. The van der Waals surface area contributed by atoms with Crippen molar-refractivity contribution in [2.75, 3.05) is 0 Å². The zero-order valence-electron chi connectivity index (χ0n) is 57.8. The normalized spacial score (nSPS) is 30.9. The van der Waals surface area contributed by atoms with Crippen LogP contribution in [-0.2, 0) is 66.7 Å². The van der Waals surface area contributed by atoms with Gasteiger partial charge in [0.05, 0.1) is 5.92 Å². The van der Waals surface area contributed by atoms with Gasteiger partial charge >= 0.3 is 41.8 Å². The first-order chi connectivity index (χ1) is 41.0. The Bertz CT molecular complexity index is 2520. The molecule has 0 spiro atoms. The molecule has 12 aliphatic carbocycles. The number of carbonyl (C=O) groups excluding carboxylic acids is 7. The lowest BCUT2D eigenvalue weighted by molar-refractivity contribution is -0.199. The quantitative estimate of drug-likeness (QED) is 0.0823. The van der Waals surface area contributed by atoms with Gasteiger partial charge in [0.25, 0.3) is 0 Å². The highest BCUT2D eigenvalue weighted by Crippen LogP contribution is 2.61. The van der Waals surface area contributed by atoms with Crippen molar-refractivity contribution in [1.29, 1.82) is 0 Å². The molecule has 10 bridgehead atoms. The summed E-state index contributed by atoms with van der Waals surface area (Å²) in [6.45, 7) is 50.9. The van der Waals surface area contributed by atoms with Crippen LogP contribution in [0.5, 0.6) is 0 Å². The highest BCUT2D eigenvalue weighted by Gasteiger charge is 2.58. The lowest BCUT2D eigenvalue weighted by Gasteiger charge is -2.59. The fraction of sp³-hybridized carbons (Fsp3) is 0.720. The van der Waals surface area contributed by atoms with E-state index in [-0.39, 0.29) is 75.7 Å². The van der Waals surface area contributed by atoms with E-state index in [0.29, 0.717) is 52.2 Å². The average Bonchev–Trinajstić information content (AvgIpc) is 1.71. The Morgan fingerprint density at radius 1 is 0.404 bits per heavy atom. The van der Waals surface area contributed by atoms with Gasteiger partial charge in [-0.2, -0.15) is 0 Å². The molecule has 3 atom stereocenters. The van der Waals surface area contributed by atoms with E-state index < -0.39 is 11.2 Å². The zero-order chi connectivity index (χ0) is 67.3. The number of rotatable bonds is 11. The average molecular weight is 1240 g/mol. The van der Waals surface area contributed by atoms with E-state index in [1.807, 2.05) is 76.2 Å². The molecule has 3 unspecified atom stereocenters. The second kappa shape index (κ2) is 31.7. The summed E-state index contributed by atoms with van der Waals surface area (Å²) in [6.07, 6.45) is 31.9. The molecule has 0 saturated heterocycles. The third-order valence-electron chi connectivity index (χ3n) is 19.5. The van der Waals surface area contributed by atoms with Gasteiger partial charge in [0.1, 0.15) is 39.2 Å². The van der Waals surface area contributed by atoms with Crippen molar-refractivity contribution in [3.05, 3.63) is 86.6 Å². The van der Waals surface area contributed by atoms with Gasteiger partial charge in [-0.15, -0.1) is 0 Å². The molecule has 500 valence electrons. The number of hydrogen-bond acceptors (Lipinski definition) is 14. The largest absolute Gasteiger partial charge is 0.460 e. The van der Waals surface area contributed by atoms with E-state index in [1.165, 1.54) is 102 Å². The van der Waals surface area contributed by atoms with Gasteiger partial charge in [-0.05, 0) is 298 Å². The molecule has 0 aromatic rings. The minimum atomic E-state index is -0.407. The van der Waals surface area contributed by atoms with Crippen molar-refractivity contribution >= 4 is 41.8 Å². The second-order valence-corrected chi connectivity index (χ2v) is 31.3. The maximum Gasteiger partial charge on any atom is 0.333 e. The molecule has 0 N–H and O–H groups in total. The Hall–Kier alpha value is -5.53. The molecule has 12 rings (SSSR count). The number of allylic oxidation sites excluding steroid dienone is 2. The molecule has 0 heterocycles. The van der Waals surface area contributed by atoms with Gasteiger partial charge in [-0.3, -0.25) is 4.79 Å². The van der Waals surface area contributed by atoms with E-state index >= 15 is 0 Å². The molecule has 0 radical (unpaired) electrons. The molecule has 14 nitrogen and oxygen atoms in total. The summed E-state index contributed by atoms with van der Waals surface area (Å²) in [6, 6.07) is 0. The molecule has 89 heavy (non-hydrogen) atoms. The monoisotopic (exact) mass is 1240 g/mol. The van der Waals surface area contributed by atoms with Crippen LogP contribution in [0.2, 0.25) is 0 Å². The first-order valence-electron chi connectivity index (χ1n) is 33.2. The van der Waals surface area contributed by atoms with Crippen molar-refractivity contribution in [3.63, 3.8) is 0 Å². The summed E-state index contributed by atoms with van der Waals surface area (Å²) in [5.74, 6) is 5.59. The predicted octanol–water partition coefficient (Wildman–Crippen LogP) is 16.7. The number of esters is 7. The summed E-state index contributed by atoms with van der Waals surface area (Å²) in [4.78, 5) is 78.4. The van der Waals surface area contributed by atoms with Gasteiger partial charge < -0.3 is 33.2 Å². The standard InChI is InChI=1S/C15H22O2.C14H20O2.C12H18O2.C10H16O2.C9H14O2.C8H14O2.C7H12O2/c1-9(2)14(16)17-15(3)12-5-10-4-11(7-12)8-13(15)6-10;1-3-13(15)16-14(2)11-5-9-4-10(7-11)8-12(14)6-9;1-12(2,3)14-11(13)10-7-8-4-5-9(10)6-8;1-8(2)9(11)12-10(3)6-4-5-7-10;1-3-8(10)11-9(2)6-4-5-7-9;1-6(2)7(9)10-8(3,4)5;1-5-6(8)9-7(2,3)4/h10-13H,1,4-8H2,2-3H3;3,9-12H,1,4-8H2,2H3;4-5,8-10H,6-7H2,1-3H3;1,4-7H2,2-3H3;3H,1,4-7H2,2H3;1H2,2-5H3;5H,1H2,2-4H3. The third-order valence-corrected chi connectivity index (χ3v) is 19.5. The molecule has 0 amide bonds. The minimum Gasteiger partial charge on any atom is -0.460 e. The van der Waals surface area contributed by atoms with Crippen LogP contribution in [-0.4, -0.2) is 81.0 Å². The van der Waals surface area contributed by atoms with Crippen LogP contribution in [0, 0.1) is 65.1 Å². The van der Waals surface area contributed by atoms with Crippen LogP contribution in [0.25, 0.3) is 0 Å². The molecule has 11 fully saturated rings. The Balaban J connectivity index is 0.000000225. The van der Waals surface area contributed by atoms with Crippen LogP contribution < -0.4 is 0 Å². The van der Waals surface area contributed by atoms with E-state index in [1.54, 1.807) is 20.8 Å². The molecular weight excluding hydrogens is 1120 g/mol. The van der Waals surface area contributed by atoms with Crippen molar-refractivity contribution in [2.45, 2.75) is 278 Å². The number of hydrogen-bond donors (Lipinski definition) is 0. The van der Waals surface area contributed by atoms with E-state index in [0.717, 1.165) is 68.3 Å². The highest BCUT2D eigenvalue weighted by atomic mass is 16.6. The van der Waals surface area contributed by atoms with Crippen LogP contribution >= 0.6 is 0 Å². The van der Waals surface area contributed by atoms with Crippen LogP contribution in [0.15, 0.2) is 86.6 Å². The van der Waals surface area contributed by atoms with E-state index in [2.05, 4.69) is 65.5 Å². The van der Waals surface area contributed by atoms with Gasteiger partial charge in [0.15, 0.2) is 0 Å². The van der Waals surface area contributed by atoms with E-state index in [9.17, 15) is 33.6 Å². The molecular formula is C75H116O14. The van der Waals surface area contributed by atoms with Crippen molar-refractivity contribution in [1.82, 2.24) is 0 Å². The van der Waals surface area contributed by atoms with Gasteiger partial charge in [-0.25, -0.2) is 28.8 Å². The summed E-state index contributed by atoms with van der Waals surface area (Å²) in [5, 5.41) is 0. The molecule has 14 heteroatoms. The van der Waals surface area contributed by atoms with Crippen LogP contribution in [0.3, 0.4) is 0 Å². The zero-order valence-corrected chi connectivity index (χ0v) is 57.8. The topological polar surface area (TPSA) is 184 Å². The SMILES string of the molecule is C=C(C)C(=O)OC(C)(C)C.C=C(C)C(=O)OC1(C)C2CC3CC(C2)CC1C3.C=C(C)C(=O)OC1(C)CCCC1.C=CC(=O)OC(C)(C)C.C=CC(=O)OC1(C)C2CC3CC(C2)CC1C3.C=CC(=O)OC1(C)CCCC1.CC(C)(C)OC(=O)C1CC2C=CC1C2. The smallest absolute Gasteiger partial charge is 0.333 e. The molecule has 0 aromatic heterocycles. The minimum absolute atomic E-state index is 0.00523. The van der Waals surface area contributed by atoms with Crippen LogP contribution in [0.1, 0.15) is 239 Å². The highest BCUT2D eigenvalue weighted by molar-refractivity contribution is 5.88. The van der Waals surface area contributed by atoms with Gasteiger partial charge in [-0.1, -0.05) is 51.6 Å². The lowest BCUT2D eigenvalue weighted by atomic mass is 9.50. The Labute approximate surface area is 536 Å². The fourth-order valence-electron chi connectivity index (χ4n) is 15.3. The molecule has 11 saturated carbocycles. The Morgan fingerprint density at radius 2 is 0.742 bits per heavy atom. The summed E-state index contributed by atoms with van der Waals surface area (Å²) >= 11 is 0. The number of fused-ring (bicyclic) bond motifs is 2. The summed E-state index contributed by atoms with van der Waals surface area (Å²) in [7, 11) is 0. The van der Waals surface area contributed by atoms with Crippen molar-refractivity contribution in [2.24, 2.45) is 65.1 Å². The number of ether oxygens (including phenoxy) is 7. The van der Waals surface area contributed by atoms with E-state index in [4.69, 9.17) is 33.2 Å². The molecule has 0 aliphatic heterocycles. The first-order valence-corrected chi connectivity index (χ1v) is 33.2. The number of carbonyl (C=O) groups is 7. The first kappa shape index (κ1) is 75.9. The molecule has 12 aliphatic rings. The van der Waals surface area contributed by atoms with Gasteiger partial charge in [0.2, 0.25) is 0 Å². The van der Waals surface area contributed by atoms with Gasteiger partial charge in [0, 0.05) is 34.9 Å². The lowest BCUT2D eigenvalue weighted by Crippen LogP contribution is -2.58. The van der Waals surface area contributed by atoms with Crippen molar-refractivity contribution in [3.8, 4) is 0 Å².